The predicted octanol–water partition coefficient (Wildman–Crippen LogP) is 3.99. The monoisotopic (exact) mass is 396 g/mol. The molecule has 0 saturated carbocycles. The van der Waals surface area contributed by atoms with Crippen LogP contribution < -0.4 is 5.56 Å². The molecule has 0 bridgehead atoms. The van der Waals surface area contributed by atoms with Gasteiger partial charge in [0.1, 0.15) is 10.5 Å². The summed E-state index contributed by atoms with van der Waals surface area (Å²) < 4.78 is 1.86. The van der Waals surface area contributed by atoms with E-state index in [2.05, 4.69) is 30.7 Å². The van der Waals surface area contributed by atoms with Crippen LogP contribution in [0.2, 0.25) is 0 Å². The van der Waals surface area contributed by atoms with Crippen LogP contribution in [0.15, 0.2) is 29.2 Å². The fraction of sp³-hybridized carbons (Fsp3) is 0.500. The van der Waals surface area contributed by atoms with Crippen LogP contribution in [0, 0.1) is 5.92 Å². The first-order chi connectivity index (χ1) is 13.6. The van der Waals surface area contributed by atoms with Crippen LogP contribution in [-0.2, 0) is 19.4 Å². The number of hydrogen-bond acceptors (Lipinski definition) is 5. The van der Waals surface area contributed by atoms with Crippen LogP contribution in [-0.4, -0.2) is 39.1 Å². The van der Waals surface area contributed by atoms with Crippen LogP contribution in [0.1, 0.15) is 37.6 Å². The van der Waals surface area contributed by atoms with Gasteiger partial charge in [0, 0.05) is 24.2 Å². The van der Waals surface area contributed by atoms with Crippen molar-refractivity contribution in [2.75, 3.05) is 19.6 Å². The number of aryl methyl sites for hydroxylation is 1. The number of rotatable bonds is 6. The van der Waals surface area contributed by atoms with E-state index >= 15 is 0 Å². The lowest BCUT2D eigenvalue weighted by Crippen LogP contribution is -2.32. The lowest BCUT2D eigenvalue weighted by molar-refractivity contribution is 0.289. The molecule has 0 aliphatic heterocycles. The van der Waals surface area contributed by atoms with Crippen molar-refractivity contribution < 1.29 is 0 Å². The molecule has 0 radical (unpaired) electrons. The molecule has 1 aliphatic carbocycles. The summed E-state index contributed by atoms with van der Waals surface area (Å²) in [5.41, 5.74) is 2.12. The highest BCUT2D eigenvalue weighted by Gasteiger charge is 2.25. The molecule has 1 atom stereocenters. The number of nitrogens with zero attached hydrogens (tertiary/aromatic N) is 4. The molecule has 1 aliphatic rings. The number of fused-ring (bicyclic) bond motifs is 3. The van der Waals surface area contributed by atoms with Gasteiger partial charge in [-0.05, 0) is 56.0 Å². The highest BCUT2D eigenvalue weighted by molar-refractivity contribution is 7.18. The van der Waals surface area contributed by atoms with E-state index in [4.69, 9.17) is 4.98 Å². The maximum Gasteiger partial charge on any atom is 0.262 e. The average Bonchev–Trinajstić information content (AvgIpc) is 3.08. The number of pyridine rings is 1. The smallest absolute Gasteiger partial charge is 0.262 e. The first-order valence-electron chi connectivity index (χ1n) is 10.3. The molecule has 28 heavy (non-hydrogen) atoms. The summed E-state index contributed by atoms with van der Waals surface area (Å²) in [7, 11) is 0. The zero-order valence-corrected chi connectivity index (χ0v) is 17.8. The largest absolute Gasteiger partial charge is 0.302 e. The molecular weight excluding hydrogens is 368 g/mol. The molecule has 4 rings (SSSR count). The van der Waals surface area contributed by atoms with Crippen molar-refractivity contribution in [3.8, 4) is 11.5 Å². The third-order valence-corrected chi connectivity index (χ3v) is 6.99. The SMILES string of the molecule is CCN(CC)CCn1c(-c2ccccn2)nc2sc3c(c2c1=O)CCC(C)C3. The van der Waals surface area contributed by atoms with Crippen molar-refractivity contribution >= 4 is 21.6 Å². The van der Waals surface area contributed by atoms with E-state index in [1.165, 1.54) is 10.4 Å². The molecule has 0 amide bonds. The molecular formula is C22H28N4OS. The summed E-state index contributed by atoms with van der Waals surface area (Å²) in [6.07, 6.45) is 4.97. The average molecular weight is 397 g/mol. The number of thiophene rings is 1. The molecule has 6 heteroatoms. The Labute approximate surface area is 170 Å². The van der Waals surface area contributed by atoms with Crippen LogP contribution in [0.5, 0.6) is 0 Å². The Morgan fingerprint density at radius 2 is 2.11 bits per heavy atom. The Morgan fingerprint density at radius 3 is 2.82 bits per heavy atom. The molecule has 1 unspecified atom stereocenters. The Balaban J connectivity index is 1.88. The molecule has 0 aromatic carbocycles. The van der Waals surface area contributed by atoms with Gasteiger partial charge in [0.15, 0.2) is 5.82 Å². The molecule has 148 valence electrons. The normalized spacial score (nSPS) is 16.6. The van der Waals surface area contributed by atoms with Gasteiger partial charge in [0.05, 0.1) is 5.39 Å². The molecule has 0 fully saturated rings. The van der Waals surface area contributed by atoms with Gasteiger partial charge in [-0.1, -0.05) is 26.8 Å². The van der Waals surface area contributed by atoms with Crippen molar-refractivity contribution in [2.45, 2.75) is 46.6 Å². The molecule has 3 heterocycles. The van der Waals surface area contributed by atoms with Crippen LogP contribution in [0.25, 0.3) is 21.7 Å². The number of likely N-dealkylation sites (N-methyl/N-ethyl adjacent to an activating group) is 1. The van der Waals surface area contributed by atoms with E-state index < -0.39 is 0 Å². The van der Waals surface area contributed by atoms with Crippen molar-refractivity contribution in [3.63, 3.8) is 0 Å². The third kappa shape index (κ3) is 3.51. The molecule has 0 N–H and O–H groups in total. The summed E-state index contributed by atoms with van der Waals surface area (Å²) >= 11 is 1.71. The van der Waals surface area contributed by atoms with Crippen molar-refractivity contribution in [3.05, 3.63) is 45.2 Å². The number of hydrogen-bond donors (Lipinski definition) is 0. The van der Waals surface area contributed by atoms with Gasteiger partial charge < -0.3 is 4.90 Å². The van der Waals surface area contributed by atoms with Gasteiger partial charge in [0.25, 0.3) is 5.56 Å². The highest BCUT2D eigenvalue weighted by atomic mass is 32.1. The van der Waals surface area contributed by atoms with Crippen LogP contribution >= 0.6 is 11.3 Å². The Hall–Kier alpha value is -2.05. The minimum absolute atomic E-state index is 0.102. The lowest BCUT2D eigenvalue weighted by Gasteiger charge is -2.20. The van der Waals surface area contributed by atoms with E-state index in [1.807, 2.05) is 22.8 Å². The summed E-state index contributed by atoms with van der Waals surface area (Å²) in [5.74, 6) is 1.37. The van der Waals surface area contributed by atoms with E-state index in [9.17, 15) is 4.79 Å². The lowest BCUT2D eigenvalue weighted by atomic mass is 9.89. The molecule has 5 nitrogen and oxygen atoms in total. The zero-order valence-electron chi connectivity index (χ0n) is 16.9. The summed E-state index contributed by atoms with van der Waals surface area (Å²) in [5, 5.41) is 0.853. The third-order valence-electron chi connectivity index (χ3n) is 5.84. The fourth-order valence-electron chi connectivity index (χ4n) is 4.10. The van der Waals surface area contributed by atoms with Gasteiger partial charge >= 0.3 is 0 Å². The second-order valence-electron chi connectivity index (χ2n) is 7.67. The van der Waals surface area contributed by atoms with Gasteiger partial charge in [-0.25, -0.2) is 4.98 Å². The zero-order chi connectivity index (χ0) is 19.7. The Bertz CT molecular complexity index is 1020. The van der Waals surface area contributed by atoms with Gasteiger partial charge in [-0.15, -0.1) is 11.3 Å². The van der Waals surface area contributed by atoms with Crippen molar-refractivity contribution in [2.24, 2.45) is 5.92 Å². The minimum atomic E-state index is 0.102. The fourth-order valence-corrected chi connectivity index (χ4v) is 5.48. The summed E-state index contributed by atoms with van der Waals surface area (Å²) in [4.78, 5) is 27.6. The van der Waals surface area contributed by atoms with Gasteiger partial charge in [0.2, 0.25) is 0 Å². The molecule has 3 aromatic rings. The Morgan fingerprint density at radius 1 is 1.29 bits per heavy atom. The quantitative estimate of drug-likeness (QED) is 0.632. The van der Waals surface area contributed by atoms with Crippen molar-refractivity contribution in [1.82, 2.24) is 19.4 Å². The topological polar surface area (TPSA) is 51.0 Å². The van der Waals surface area contributed by atoms with Crippen LogP contribution in [0.4, 0.5) is 0 Å². The van der Waals surface area contributed by atoms with E-state index in [0.29, 0.717) is 18.3 Å². The first kappa shape index (κ1) is 19.3. The van der Waals surface area contributed by atoms with E-state index in [0.717, 1.165) is 54.8 Å². The second kappa shape index (κ2) is 8.13. The Kier molecular flexibility index (Phi) is 5.60. The van der Waals surface area contributed by atoms with Crippen LogP contribution in [0.3, 0.4) is 0 Å². The van der Waals surface area contributed by atoms with Gasteiger partial charge in [-0.2, -0.15) is 0 Å². The summed E-state index contributed by atoms with van der Waals surface area (Å²) in [6.45, 7) is 10.0. The predicted molar refractivity (Wildman–Crippen MR) is 116 cm³/mol. The summed E-state index contributed by atoms with van der Waals surface area (Å²) in [6, 6.07) is 5.79. The van der Waals surface area contributed by atoms with E-state index in [-0.39, 0.29) is 5.56 Å². The second-order valence-corrected chi connectivity index (χ2v) is 8.75. The maximum atomic E-state index is 13.6. The standard InChI is InChI=1S/C22H28N4OS/c1-4-25(5-2)12-13-26-20(17-8-6-7-11-23-17)24-21-19(22(26)27)16-10-9-15(3)14-18(16)28-21/h6-8,11,15H,4-5,9-10,12-14H2,1-3H3. The molecule has 0 spiro atoms. The first-order valence-corrected chi connectivity index (χ1v) is 11.1. The number of aromatic nitrogens is 3. The molecule has 3 aromatic heterocycles. The maximum absolute atomic E-state index is 13.6. The van der Waals surface area contributed by atoms with E-state index in [1.54, 1.807) is 17.5 Å². The van der Waals surface area contributed by atoms with Gasteiger partial charge in [-0.3, -0.25) is 14.3 Å². The molecule has 0 saturated heterocycles. The highest BCUT2D eigenvalue weighted by Crippen LogP contribution is 2.36. The van der Waals surface area contributed by atoms with Crippen molar-refractivity contribution in [1.29, 1.82) is 0 Å². The minimum Gasteiger partial charge on any atom is -0.302 e.